The van der Waals surface area contributed by atoms with E-state index in [1.165, 1.54) is 0 Å². The summed E-state index contributed by atoms with van der Waals surface area (Å²) in [5.74, 6) is -0.398. The molecule has 0 aliphatic carbocycles. The fraction of sp³-hybridized carbons (Fsp3) is 0.421. The van der Waals surface area contributed by atoms with Crippen LogP contribution in [-0.2, 0) is 12.5 Å². The summed E-state index contributed by atoms with van der Waals surface area (Å²) in [5, 5.41) is 10.1. The van der Waals surface area contributed by atoms with Crippen LogP contribution in [0.1, 0.15) is 60.7 Å². The van der Waals surface area contributed by atoms with Gasteiger partial charge in [0.2, 0.25) is 0 Å². The SMILES string of the molecule is CCCNC(=O)c1cccc(NC(=O)c2cc(C(C)(C)C)nn2C)c1. The molecule has 25 heavy (non-hydrogen) atoms. The molecule has 6 heteroatoms. The summed E-state index contributed by atoms with van der Waals surface area (Å²) in [6, 6.07) is 8.70. The van der Waals surface area contributed by atoms with Crippen molar-refractivity contribution in [2.45, 2.75) is 39.5 Å². The van der Waals surface area contributed by atoms with Gasteiger partial charge in [0.1, 0.15) is 5.69 Å². The van der Waals surface area contributed by atoms with E-state index in [4.69, 9.17) is 0 Å². The molecule has 134 valence electrons. The summed E-state index contributed by atoms with van der Waals surface area (Å²) in [7, 11) is 1.75. The molecule has 0 unspecified atom stereocenters. The molecule has 0 aliphatic rings. The number of hydrogen-bond donors (Lipinski definition) is 2. The van der Waals surface area contributed by atoms with Crippen LogP contribution in [0.3, 0.4) is 0 Å². The number of aromatic nitrogens is 2. The van der Waals surface area contributed by atoms with E-state index in [1.807, 2.05) is 6.92 Å². The van der Waals surface area contributed by atoms with Crippen molar-refractivity contribution in [2.75, 3.05) is 11.9 Å². The Kier molecular flexibility index (Phi) is 5.62. The lowest BCUT2D eigenvalue weighted by molar-refractivity contribution is 0.0952. The molecule has 0 atom stereocenters. The molecule has 2 rings (SSSR count). The van der Waals surface area contributed by atoms with Crippen molar-refractivity contribution in [3.63, 3.8) is 0 Å². The van der Waals surface area contributed by atoms with Crippen LogP contribution in [0.2, 0.25) is 0 Å². The fourth-order valence-corrected chi connectivity index (χ4v) is 2.32. The number of nitrogens with zero attached hydrogens (tertiary/aromatic N) is 2. The zero-order chi connectivity index (χ0) is 18.6. The predicted molar refractivity (Wildman–Crippen MR) is 98.9 cm³/mol. The van der Waals surface area contributed by atoms with Crippen LogP contribution in [0.5, 0.6) is 0 Å². The summed E-state index contributed by atoms with van der Waals surface area (Å²) in [5.41, 5.74) is 2.30. The summed E-state index contributed by atoms with van der Waals surface area (Å²) >= 11 is 0. The van der Waals surface area contributed by atoms with Crippen molar-refractivity contribution in [1.29, 1.82) is 0 Å². The minimum Gasteiger partial charge on any atom is -0.352 e. The number of hydrogen-bond acceptors (Lipinski definition) is 3. The smallest absolute Gasteiger partial charge is 0.273 e. The maximum absolute atomic E-state index is 12.6. The summed E-state index contributed by atoms with van der Waals surface area (Å²) in [6.45, 7) is 8.77. The number of nitrogens with one attached hydrogen (secondary N) is 2. The summed E-state index contributed by atoms with van der Waals surface area (Å²) in [4.78, 5) is 24.6. The number of carbonyl (C=O) groups excluding carboxylic acids is 2. The number of aryl methyl sites for hydroxylation is 1. The maximum atomic E-state index is 12.6. The van der Waals surface area contributed by atoms with E-state index in [2.05, 4.69) is 36.5 Å². The van der Waals surface area contributed by atoms with Gasteiger partial charge in [0.15, 0.2) is 0 Å². The monoisotopic (exact) mass is 342 g/mol. The molecular formula is C19H26N4O2. The van der Waals surface area contributed by atoms with Gasteiger partial charge in [0.05, 0.1) is 5.69 Å². The van der Waals surface area contributed by atoms with Gasteiger partial charge in [0.25, 0.3) is 11.8 Å². The third-order valence-electron chi connectivity index (χ3n) is 3.80. The number of amides is 2. The molecule has 0 fully saturated rings. The fourth-order valence-electron chi connectivity index (χ4n) is 2.32. The van der Waals surface area contributed by atoms with E-state index in [0.29, 0.717) is 23.5 Å². The highest BCUT2D eigenvalue weighted by molar-refractivity contribution is 6.04. The Morgan fingerprint density at radius 3 is 2.48 bits per heavy atom. The molecule has 0 spiro atoms. The van der Waals surface area contributed by atoms with Crippen molar-refractivity contribution < 1.29 is 9.59 Å². The first kappa shape index (κ1) is 18.7. The average molecular weight is 342 g/mol. The maximum Gasteiger partial charge on any atom is 0.273 e. The summed E-state index contributed by atoms with van der Waals surface area (Å²) in [6.07, 6.45) is 0.874. The van der Waals surface area contributed by atoms with E-state index in [0.717, 1.165) is 12.1 Å². The minimum absolute atomic E-state index is 0.131. The van der Waals surface area contributed by atoms with E-state index in [-0.39, 0.29) is 17.2 Å². The predicted octanol–water partition coefficient (Wildman–Crippen LogP) is 3.11. The summed E-state index contributed by atoms with van der Waals surface area (Å²) < 4.78 is 1.58. The highest BCUT2D eigenvalue weighted by atomic mass is 16.2. The highest BCUT2D eigenvalue weighted by Crippen LogP contribution is 2.22. The van der Waals surface area contributed by atoms with Crippen LogP contribution in [-0.4, -0.2) is 28.1 Å². The first-order valence-electron chi connectivity index (χ1n) is 8.46. The molecule has 2 aromatic rings. The van der Waals surface area contributed by atoms with Gasteiger partial charge in [-0.1, -0.05) is 33.8 Å². The molecule has 0 saturated carbocycles. The lowest BCUT2D eigenvalue weighted by atomic mass is 9.92. The van der Waals surface area contributed by atoms with Gasteiger partial charge in [-0.25, -0.2) is 0 Å². The second kappa shape index (κ2) is 7.51. The van der Waals surface area contributed by atoms with Gasteiger partial charge < -0.3 is 10.6 Å². The Hall–Kier alpha value is -2.63. The normalized spacial score (nSPS) is 11.2. The largest absolute Gasteiger partial charge is 0.352 e. The first-order valence-corrected chi connectivity index (χ1v) is 8.46. The standard InChI is InChI=1S/C19H26N4O2/c1-6-10-20-17(24)13-8-7-9-14(11-13)21-18(25)15-12-16(19(2,3)4)22-23(15)5/h7-9,11-12H,6,10H2,1-5H3,(H,20,24)(H,21,25). The molecule has 1 heterocycles. The van der Waals surface area contributed by atoms with E-state index >= 15 is 0 Å². The van der Waals surface area contributed by atoms with Crippen LogP contribution in [0.25, 0.3) is 0 Å². The highest BCUT2D eigenvalue weighted by Gasteiger charge is 2.21. The molecule has 0 bridgehead atoms. The van der Waals surface area contributed by atoms with Crippen molar-refractivity contribution in [2.24, 2.45) is 7.05 Å². The lowest BCUT2D eigenvalue weighted by Gasteiger charge is -2.13. The number of benzene rings is 1. The number of carbonyl (C=O) groups is 2. The third-order valence-corrected chi connectivity index (χ3v) is 3.80. The van der Waals surface area contributed by atoms with Gasteiger partial charge in [-0.2, -0.15) is 5.10 Å². The molecule has 0 saturated heterocycles. The van der Waals surface area contributed by atoms with Gasteiger partial charge in [-0.05, 0) is 30.7 Å². The Balaban J connectivity index is 2.16. The van der Waals surface area contributed by atoms with Gasteiger partial charge in [-0.3, -0.25) is 14.3 Å². The molecule has 1 aromatic heterocycles. The Bertz CT molecular complexity index is 772. The first-order chi connectivity index (χ1) is 11.7. The Morgan fingerprint density at radius 2 is 1.88 bits per heavy atom. The van der Waals surface area contributed by atoms with E-state index in [1.54, 1.807) is 42.1 Å². The lowest BCUT2D eigenvalue weighted by Crippen LogP contribution is -2.24. The number of anilines is 1. The van der Waals surface area contributed by atoms with Gasteiger partial charge >= 0.3 is 0 Å². The van der Waals surface area contributed by atoms with Crippen LogP contribution in [0.4, 0.5) is 5.69 Å². The Morgan fingerprint density at radius 1 is 1.16 bits per heavy atom. The van der Waals surface area contributed by atoms with Crippen molar-refractivity contribution in [3.8, 4) is 0 Å². The van der Waals surface area contributed by atoms with Crippen LogP contribution in [0, 0.1) is 0 Å². The van der Waals surface area contributed by atoms with Crippen LogP contribution in [0.15, 0.2) is 30.3 Å². The molecule has 6 nitrogen and oxygen atoms in total. The molecule has 0 aliphatic heterocycles. The topological polar surface area (TPSA) is 76.0 Å². The molecule has 0 radical (unpaired) electrons. The Labute approximate surface area is 148 Å². The average Bonchev–Trinajstić information content (AvgIpc) is 2.95. The third kappa shape index (κ3) is 4.68. The zero-order valence-electron chi connectivity index (χ0n) is 15.5. The molecule has 2 N–H and O–H groups in total. The van der Waals surface area contributed by atoms with E-state index < -0.39 is 0 Å². The number of rotatable bonds is 5. The molecule has 1 aromatic carbocycles. The quantitative estimate of drug-likeness (QED) is 0.876. The van der Waals surface area contributed by atoms with Crippen LogP contribution >= 0.6 is 0 Å². The van der Waals surface area contributed by atoms with Gasteiger partial charge in [-0.15, -0.1) is 0 Å². The van der Waals surface area contributed by atoms with E-state index in [9.17, 15) is 9.59 Å². The van der Waals surface area contributed by atoms with Gasteiger partial charge in [0, 0.05) is 30.3 Å². The second-order valence-electron chi connectivity index (χ2n) is 7.08. The minimum atomic E-state index is -0.253. The van der Waals surface area contributed by atoms with Crippen molar-refractivity contribution >= 4 is 17.5 Å². The van der Waals surface area contributed by atoms with Crippen molar-refractivity contribution in [1.82, 2.24) is 15.1 Å². The molecule has 2 amide bonds. The van der Waals surface area contributed by atoms with Crippen molar-refractivity contribution in [3.05, 3.63) is 47.3 Å². The zero-order valence-corrected chi connectivity index (χ0v) is 15.5. The second-order valence-corrected chi connectivity index (χ2v) is 7.08. The van der Waals surface area contributed by atoms with Crippen LogP contribution < -0.4 is 10.6 Å². The molecular weight excluding hydrogens is 316 g/mol.